The number of furan rings is 1. The normalized spacial score (nSPS) is 17.6. The number of nitrogens with zero attached hydrogens (tertiary/aromatic N) is 1. The molecule has 2 unspecified atom stereocenters. The average Bonchev–Trinajstić information content (AvgIpc) is 3.60. The first-order chi connectivity index (χ1) is 23.0. The van der Waals surface area contributed by atoms with Crippen LogP contribution in [-0.2, 0) is 5.41 Å². The minimum absolute atomic E-state index is 0.111. The van der Waals surface area contributed by atoms with Gasteiger partial charge >= 0.3 is 0 Å². The highest BCUT2D eigenvalue weighted by atomic mass is 16.3. The van der Waals surface area contributed by atoms with Gasteiger partial charge in [-0.05, 0) is 87.2 Å². The molecule has 47 heavy (non-hydrogen) atoms. The molecule has 0 bridgehead atoms. The first-order valence-electron chi connectivity index (χ1n) is 16.5. The second kappa shape index (κ2) is 10.7. The standard InChI is InChI=1S/C45H35NO/c1-45(2)41-17-8-6-15-37(41)40-28-33(21-26-42(40)45)32-13-10-14-35(27-32)46(34-22-19-31(20-23-34)30-11-4-3-5-12-30)36-24-25-39-38-16-7-9-18-43(38)47-44(39)29-36/h3-29,37,41H,1-2H3. The number of fused-ring (bicyclic) bond motifs is 6. The van der Waals surface area contributed by atoms with Crippen LogP contribution in [0.4, 0.5) is 17.1 Å². The zero-order valence-electron chi connectivity index (χ0n) is 26.6. The van der Waals surface area contributed by atoms with Crippen LogP contribution in [0.5, 0.6) is 0 Å². The molecule has 7 aromatic rings. The lowest BCUT2D eigenvalue weighted by Crippen LogP contribution is -2.24. The van der Waals surface area contributed by atoms with Crippen molar-refractivity contribution in [1.82, 2.24) is 0 Å². The molecule has 2 nitrogen and oxygen atoms in total. The zero-order valence-corrected chi connectivity index (χ0v) is 26.6. The van der Waals surface area contributed by atoms with Gasteiger partial charge in [0.1, 0.15) is 11.2 Å². The maximum atomic E-state index is 6.35. The van der Waals surface area contributed by atoms with Gasteiger partial charge in [0.15, 0.2) is 0 Å². The van der Waals surface area contributed by atoms with E-state index in [-0.39, 0.29) is 5.41 Å². The predicted molar refractivity (Wildman–Crippen MR) is 197 cm³/mol. The molecule has 1 aromatic heterocycles. The second-order valence-corrected chi connectivity index (χ2v) is 13.4. The number of benzene rings is 6. The van der Waals surface area contributed by atoms with Crippen molar-refractivity contribution in [3.05, 3.63) is 175 Å². The predicted octanol–water partition coefficient (Wildman–Crippen LogP) is 12.5. The van der Waals surface area contributed by atoms with Crippen LogP contribution >= 0.6 is 0 Å². The van der Waals surface area contributed by atoms with Crippen LogP contribution in [0.25, 0.3) is 44.2 Å². The Hall–Kier alpha value is -5.60. The summed E-state index contributed by atoms with van der Waals surface area (Å²) in [5.74, 6) is 0.912. The van der Waals surface area contributed by atoms with E-state index in [9.17, 15) is 0 Å². The van der Waals surface area contributed by atoms with E-state index in [4.69, 9.17) is 4.42 Å². The largest absolute Gasteiger partial charge is 0.456 e. The Morgan fingerprint density at radius 2 is 1.17 bits per heavy atom. The van der Waals surface area contributed by atoms with Crippen molar-refractivity contribution in [3.63, 3.8) is 0 Å². The van der Waals surface area contributed by atoms with Gasteiger partial charge in [0.25, 0.3) is 0 Å². The highest BCUT2D eigenvalue weighted by molar-refractivity contribution is 6.06. The van der Waals surface area contributed by atoms with Crippen LogP contribution in [0.1, 0.15) is 30.9 Å². The Balaban J connectivity index is 1.16. The molecule has 2 aliphatic rings. The first-order valence-corrected chi connectivity index (χ1v) is 16.5. The van der Waals surface area contributed by atoms with Crippen LogP contribution in [0.15, 0.2) is 168 Å². The monoisotopic (exact) mass is 605 g/mol. The summed E-state index contributed by atoms with van der Waals surface area (Å²) in [5.41, 5.74) is 12.9. The minimum atomic E-state index is 0.111. The van der Waals surface area contributed by atoms with E-state index in [1.807, 2.05) is 12.1 Å². The van der Waals surface area contributed by atoms with E-state index in [2.05, 4.69) is 170 Å². The molecule has 0 N–H and O–H groups in total. The van der Waals surface area contributed by atoms with Gasteiger partial charge in [0.05, 0.1) is 0 Å². The van der Waals surface area contributed by atoms with Gasteiger partial charge in [-0.25, -0.2) is 0 Å². The van der Waals surface area contributed by atoms with Gasteiger partial charge in [-0.15, -0.1) is 0 Å². The van der Waals surface area contributed by atoms with Crippen LogP contribution in [-0.4, -0.2) is 0 Å². The number of allylic oxidation sites excluding steroid dienone is 4. The number of hydrogen-bond acceptors (Lipinski definition) is 2. The molecule has 9 rings (SSSR count). The molecular weight excluding hydrogens is 571 g/mol. The Morgan fingerprint density at radius 1 is 0.511 bits per heavy atom. The van der Waals surface area contributed by atoms with Crippen molar-refractivity contribution in [2.75, 3.05) is 4.90 Å². The number of para-hydroxylation sites is 1. The third-order valence-corrected chi connectivity index (χ3v) is 10.4. The van der Waals surface area contributed by atoms with E-state index in [1.54, 1.807) is 0 Å². The molecule has 0 amide bonds. The molecule has 0 radical (unpaired) electrons. The summed E-state index contributed by atoms with van der Waals surface area (Å²) in [5, 5.41) is 2.27. The van der Waals surface area contributed by atoms with E-state index in [0.717, 1.165) is 39.0 Å². The van der Waals surface area contributed by atoms with Crippen LogP contribution in [0, 0.1) is 5.92 Å². The fourth-order valence-electron chi connectivity index (χ4n) is 7.94. The summed E-state index contributed by atoms with van der Waals surface area (Å²) in [6.45, 7) is 4.78. The second-order valence-electron chi connectivity index (χ2n) is 13.4. The number of hydrogen-bond donors (Lipinski definition) is 0. The Kier molecular flexibility index (Phi) is 6.33. The van der Waals surface area contributed by atoms with Gasteiger partial charge in [0, 0.05) is 39.8 Å². The van der Waals surface area contributed by atoms with Crippen molar-refractivity contribution in [2.45, 2.75) is 25.2 Å². The molecule has 0 saturated heterocycles. The molecule has 0 spiro atoms. The SMILES string of the molecule is CC1(C)c2ccc(-c3cccc(N(c4ccc(-c5ccccc5)cc4)c4ccc5c(c4)oc4ccccc45)c3)cc2C2C=CC=CC21. The molecular formula is C45H35NO. The summed E-state index contributed by atoms with van der Waals surface area (Å²) in [6, 6.07) is 50.3. The molecule has 0 fully saturated rings. The quantitative estimate of drug-likeness (QED) is 0.194. The Morgan fingerprint density at radius 3 is 2.04 bits per heavy atom. The third-order valence-electron chi connectivity index (χ3n) is 10.4. The fourth-order valence-corrected chi connectivity index (χ4v) is 7.94. The topological polar surface area (TPSA) is 16.4 Å². The average molecular weight is 606 g/mol. The highest BCUT2D eigenvalue weighted by Gasteiger charge is 2.44. The summed E-state index contributed by atoms with van der Waals surface area (Å²) in [7, 11) is 0. The lowest BCUT2D eigenvalue weighted by atomic mass is 9.74. The van der Waals surface area contributed by atoms with Crippen molar-refractivity contribution in [3.8, 4) is 22.3 Å². The van der Waals surface area contributed by atoms with Crippen molar-refractivity contribution in [1.29, 1.82) is 0 Å². The molecule has 1 heterocycles. The summed E-state index contributed by atoms with van der Waals surface area (Å²) >= 11 is 0. The third kappa shape index (κ3) is 4.55. The number of rotatable bonds is 5. The number of anilines is 3. The smallest absolute Gasteiger partial charge is 0.137 e. The lowest BCUT2D eigenvalue weighted by Gasteiger charge is -2.29. The fraction of sp³-hybridized carbons (Fsp3) is 0.111. The maximum Gasteiger partial charge on any atom is 0.137 e. The summed E-state index contributed by atoms with van der Waals surface area (Å²) in [4.78, 5) is 2.34. The molecule has 2 heteroatoms. The van der Waals surface area contributed by atoms with Crippen LogP contribution in [0.2, 0.25) is 0 Å². The van der Waals surface area contributed by atoms with Crippen molar-refractivity contribution >= 4 is 39.0 Å². The zero-order chi connectivity index (χ0) is 31.5. The molecule has 226 valence electrons. The highest BCUT2D eigenvalue weighted by Crippen LogP contribution is 2.53. The van der Waals surface area contributed by atoms with Crippen molar-refractivity contribution < 1.29 is 4.42 Å². The first kappa shape index (κ1) is 27.7. The van der Waals surface area contributed by atoms with Gasteiger partial charge in [-0.2, -0.15) is 0 Å². The van der Waals surface area contributed by atoms with Crippen LogP contribution in [0.3, 0.4) is 0 Å². The maximum absolute atomic E-state index is 6.35. The lowest BCUT2D eigenvalue weighted by molar-refractivity contribution is 0.394. The van der Waals surface area contributed by atoms with E-state index >= 15 is 0 Å². The Bertz CT molecular complexity index is 2340. The van der Waals surface area contributed by atoms with Gasteiger partial charge in [-0.3, -0.25) is 0 Å². The molecule has 2 atom stereocenters. The van der Waals surface area contributed by atoms with Gasteiger partial charge in [0.2, 0.25) is 0 Å². The summed E-state index contributed by atoms with van der Waals surface area (Å²) in [6.07, 6.45) is 9.19. The van der Waals surface area contributed by atoms with Crippen molar-refractivity contribution in [2.24, 2.45) is 5.92 Å². The Labute approximate surface area is 275 Å². The molecule has 0 saturated carbocycles. The van der Waals surface area contributed by atoms with Crippen LogP contribution < -0.4 is 4.90 Å². The minimum Gasteiger partial charge on any atom is -0.456 e. The van der Waals surface area contributed by atoms with E-state index in [0.29, 0.717) is 11.8 Å². The van der Waals surface area contributed by atoms with E-state index < -0.39 is 0 Å². The van der Waals surface area contributed by atoms with Gasteiger partial charge in [-0.1, -0.05) is 129 Å². The molecule has 0 aliphatic heterocycles. The van der Waals surface area contributed by atoms with E-state index in [1.165, 1.54) is 33.4 Å². The molecule has 2 aliphatic carbocycles. The summed E-state index contributed by atoms with van der Waals surface area (Å²) < 4.78 is 6.35. The molecule has 6 aromatic carbocycles. The van der Waals surface area contributed by atoms with Gasteiger partial charge < -0.3 is 9.32 Å².